The Labute approximate surface area is 167 Å². The van der Waals surface area contributed by atoms with E-state index in [-0.39, 0.29) is 11.5 Å². The summed E-state index contributed by atoms with van der Waals surface area (Å²) in [4.78, 5) is 29.9. The molecular formula is C21H23N3O3S. The van der Waals surface area contributed by atoms with Crippen molar-refractivity contribution in [1.29, 1.82) is 0 Å². The molecule has 1 aromatic heterocycles. The zero-order valence-corrected chi connectivity index (χ0v) is 17.0. The third-order valence-electron chi connectivity index (χ3n) is 4.23. The van der Waals surface area contributed by atoms with Crippen molar-refractivity contribution in [2.24, 2.45) is 0 Å². The quantitative estimate of drug-likeness (QED) is 0.483. The van der Waals surface area contributed by atoms with Gasteiger partial charge in [0, 0.05) is 12.2 Å². The lowest BCUT2D eigenvalue weighted by Gasteiger charge is -2.15. The lowest BCUT2D eigenvalue weighted by atomic mass is 10.2. The van der Waals surface area contributed by atoms with E-state index in [0.717, 1.165) is 5.75 Å². The molecule has 6 nitrogen and oxygen atoms in total. The number of aromatic nitrogens is 2. The molecule has 1 atom stereocenters. The van der Waals surface area contributed by atoms with Gasteiger partial charge in [0.2, 0.25) is 5.91 Å². The van der Waals surface area contributed by atoms with Gasteiger partial charge in [-0.15, -0.1) is 0 Å². The van der Waals surface area contributed by atoms with Crippen molar-refractivity contribution < 1.29 is 9.53 Å². The lowest BCUT2D eigenvalue weighted by Crippen LogP contribution is -2.26. The van der Waals surface area contributed by atoms with Gasteiger partial charge in [0.15, 0.2) is 5.16 Å². The number of hydrogen-bond acceptors (Lipinski definition) is 5. The normalized spacial score (nSPS) is 12.0. The molecule has 1 amide bonds. The minimum absolute atomic E-state index is 0.0882. The van der Waals surface area contributed by atoms with E-state index in [9.17, 15) is 9.59 Å². The number of para-hydroxylation sites is 1. The fourth-order valence-corrected chi connectivity index (χ4v) is 3.75. The highest BCUT2D eigenvalue weighted by atomic mass is 32.2. The van der Waals surface area contributed by atoms with Crippen LogP contribution in [0.3, 0.4) is 0 Å². The Kier molecular flexibility index (Phi) is 6.36. The average molecular weight is 398 g/mol. The summed E-state index contributed by atoms with van der Waals surface area (Å²) in [5, 5.41) is 3.60. The van der Waals surface area contributed by atoms with E-state index in [1.807, 2.05) is 44.2 Å². The summed E-state index contributed by atoms with van der Waals surface area (Å²) in [7, 11) is 0. The molecule has 28 heavy (non-hydrogen) atoms. The van der Waals surface area contributed by atoms with Crippen LogP contribution in [0.25, 0.3) is 10.9 Å². The van der Waals surface area contributed by atoms with Gasteiger partial charge >= 0.3 is 0 Å². The molecule has 0 saturated carbocycles. The van der Waals surface area contributed by atoms with E-state index < -0.39 is 5.25 Å². The molecule has 0 saturated heterocycles. The standard InChI is InChI=1S/C21H23N3O3S/c1-4-24-20(26)17-8-6-7-9-18(17)23-21(24)28-14(3)19(25)22-15-10-12-16(13-11-15)27-5-2/h6-14H,4-5H2,1-3H3,(H,22,25). The number of carbonyl (C=O) groups excluding carboxylic acids is 1. The fourth-order valence-electron chi connectivity index (χ4n) is 2.77. The van der Waals surface area contributed by atoms with Crippen molar-refractivity contribution in [3.05, 3.63) is 58.9 Å². The predicted octanol–water partition coefficient (Wildman–Crippen LogP) is 3.93. The minimum Gasteiger partial charge on any atom is -0.494 e. The van der Waals surface area contributed by atoms with Gasteiger partial charge < -0.3 is 10.1 Å². The SMILES string of the molecule is CCOc1ccc(NC(=O)C(C)Sc2nc3ccccc3c(=O)n2CC)cc1. The first-order valence-corrected chi connectivity index (χ1v) is 10.1. The van der Waals surface area contributed by atoms with Crippen LogP contribution in [0.15, 0.2) is 58.5 Å². The number of nitrogens with zero attached hydrogens (tertiary/aromatic N) is 2. The largest absolute Gasteiger partial charge is 0.494 e. The van der Waals surface area contributed by atoms with Crippen LogP contribution in [-0.2, 0) is 11.3 Å². The van der Waals surface area contributed by atoms with Crippen LogP contribution in [0, 0.1) is 0 Å². The van der Waals surface area contributed by atoms with Gasteiger partial charge in [-0.1, -0.05) is 23.9 Å². The maximum Gasteiger partial charge on any atom is 0.262 e. The Hall–Kier alpha value is -2.80. The van der Waals surface area contributed by atoms with Crippen LogP contribution < -0.4 is 15.6 Å². The Morgan fingerprint density at radius 1 is 1.18 bits per heavy atom. The second kappa shape index (κ2) is 8.93. The zero-order chi connectivity index (χ0) is 20.1. The van der Waals surface area contributed by atoms with Crippen LogP contribution in [0.1, 0.15) is 20.8 Å². The van der Waals surface area contributed by atoms with Crippen molar-refractivity contribution in [2.45, 2.75) is 37.7 Å². The van der Waals surface area contributed by atoms with E-state index in [0.29, 0.717) is 34.9 Å². The first kappa shape index (κ1) is 19.9. The number of anilines is 1. The Bertz CT molecular complexity index is 1030. The number of nitrogens with one attached hydrogen (secondary N) is 1. The fraction of sp³-hybridized carbons (Fsp3) is 0.286. The van der Waals surface area contributed by atoms with Crippen LogP contribution >= 0.6 is 11.8 Å². The Balaban J connectivity index is 1.77. The number of rotatable bonds is 7. The molecule has 0 aliphatic rings. The summed E-state index contributed by atoms with van der Waals surface area (Å²) in [6.45, 7) is 6.71. The van der Waals surface area contributed by atoms with E-state index in [1.54, 1.807) is 29.7 Å². The second-order valence-electron chi connectivity index (χ2n) is 6.17. The molecule has 0 bridgehead atoms. The zero-order valence-electron chi connectivity index (χ0n) is 16.1. The van der Waals surface area contributed by atoms with Crippen LogP contribution in [0.2, 0.25) is 0 Å². The average Bonchev–Trinajstić information content (AvgIpc) is 2.70. The molecule has 0 aliphatic heterocycles. The van der Waals surface area contributed by atoms with E-state index >= 15 is 0 Å². The van der Waals surface area contributed by atoms with Gasteiger partial charge in [0.05, 0.1) is 22.8 Å². The third-order valence-corrected chi connectivity index (χ3v) is 5.32. The number of fused-ring (bicyclic) bond motifs is 1. The number of thioether (sulfide) groups is 1. The number of carbonyl (C=O) groups is 1. The lowest BCUT2D eigenvalue weighted by molar-refractivity contribution is -0.115. The van der Waals surface area contributed by atoms with Gasteiger partial charge in [-0.05, 0) is 57.2 Å². The Morgan fingerprint density at radius 3 is 2.57 bits per heavy atom. The summed E-state index contributed by atoms with van der Waals surface area (Å²) in [5.74, 6) is 0.606. The highest BCUT2D eigenvalue weighted by Gasteiger charge is 2.19. The number of hydrogen-bond donors (Lipinski definition) is 1. The van der Waals surface area contributed by atoms with Gasteiger partial charge in [0.25, 0.3) is 5.56 Å². The third kappa shape index (κ3) is 4.36. The highest BCUT2D eigenvalue weighted by Crippen LogP contribution is 2.24. The molecule has 146 valence electrons. The smallest absolute Gasteiger partial charge is 0.262 e. The van der Waals surface area contributed by atoms with Crippen molar-refractivity contribution in [3.63, 3.8) is 0 Å². The van der Waals surface area contributed by atoms with Crippen LogP contribution in [0.5, 0.6) is 5.75 Å². The van der Waals surface area contributed by atoms with E-state index in [4.69, 9.17) is 4.74 Å². The van der Waals surface area contributed by atoms with Crippen LogP contribution in [-0.4, -0.2) is 27.3 Å². The number of amides is 1. The Morgan fingerprint density at radius 2 is 1.89 bits per heavy atom. The molecule has 0 radical (unpaired) electrons. The monoisotopic (exact) mass is 397 g/mol. The molecule has 0 fully saturated rings. The molecule has 1 N–H and O–H groups in total. The summed E-state index contributed by atoms with van der Waals surface area (Å²) >= 11 is 1.28. The first-order chi connectivity index (χ1) is 13.5. The predicted molar refractivity (Wildman–Crippen MR) is 113 cm³/mol. The molecule has 7 heteroatoms. The van der Waals surface area contributed by atoms with Crippen molar-refractivity contribution in [1.82, 2.24) is 9.55 Å². The van der Waals surface area contributed by atoms with Crippen LogP contribution in [0.4, 0.5) is 5.69 Å². The first-order valence-electron chi connectivity index (χ1n) is 9.23. The summed E-state index contributed by atoms with van der Waals surface area (Å²) in [6, 6.07) is 14.5. The van der Waals surface area contributed by atoms with Gasteiger partial charge in [-0.25, -0.2) is 4.98 Å². The summed E-state index contributed by atoms with van der Waals surface area (Å²) in [6.07, 6.45) is 0. The van der Waals surface area contributed by atoms with Gasteiger partial charge in [-0.2, -0.15) is 0 Å². The van der Waals surface area contributed by atoms with Gasteiger partial charge in [-0.3, -0.25) is 14.2 Å². The maximum absolute atomic E-state index is 12.7. The molecule has 0 spiro atoms. The molecule has 0 aliphatic carbocycles. The second-order valence-corrected chi connectivity index (χ2v) is 7.48. The van der Waals surface area contributed by atoms with Crippen molar-refractivity contribution in [2.75, 3.05) is 11.9 Å². The molecule has 3 aromatic rings. The summed E-state index contributed by atoms with van der Waals surface area (Å²) in [5.41, 5.74) is 1.24. The molecular weight excluding hydrogens is 374 g/mol. The topological polar surface area (TPSA) is 73.2 Å². The number of ether oxygens (including phenoxy) is 1. The van der Waals surface area contributed by atoms with Gasteiger partial charge in [0.1, 0.15) is 5.75 Å². The molecule has 2 aromatic carbocycles. The summed E-state index contributed by atoms with van der Waals surface area (Å²) < 4.78 is 7.01. The minimum atomic E-state index is -0.419. The maximum atomic E-state index is 12.7. The van der Waals surface area contributed by atoms with E-state index in [2.05, 4.69) is 10.3 Å². The number of benzene rings is 2. The molecule has 1 unspecified atom stereocenters. The highest BCUT2D eigenvalue weighted by molar-refractivity contribution is 8.00. The van der Waals surface area contributed by atoms with Crippen molar-refractivity contribution >= 4 is 34.3 Å². The molecule has 1 heterocycles. The van der Waals surface area contributed by atoms with Crippen molar-refractivity contribution in [3.8, 4) is 5.75 Å². The molecule has 3 rings (SSSR count). The van der Waals surface area contributed by atoms with E-state index in [1.165, 1.54) is 11.8 Å².